The third-order valence-corrected chi connectivity index (χ3v) is 3.17. The van der Waals surface area contributed by atoms with Gasteiger partial charge in [-0.2, -0.15) is 13.2 Å². The van der Waals surface area contributed by atoms with Gasteiger partial charge in [0.15, 0.2) is 0 Å². The summed E-state index contributed by atoms with van der Waals surface area (Å²) in [5.41, 5.74) is -1.36. The molecule has 2 aromatic rings. The highest BCUT2D eigenvalue weighted by atomic mass is 79.9. The number of aromatic carboxylic acids is 1. The zero-order chi connectivity index (χ0) is 14.4. The van der Waals surface area contributed by atoms with Crippen LogP contribution in [0.25, 0.3) is 10.9 Å². The molecular formula is C12H7BrF3NO2. The molecule has 1 heterocycles. The molecule has 1 N–H and O–H groups in total. The van der Waals surface area contributed by atoms with Gasteiger partial charge in [-0.05, 0) is 35.0 Å². The van der Waals surface area contributed by atoms with Crippen LogP contribution in [-0.4, -0.2) is 16.1 Å². The van der Waals surface area contributed by atoms with E-state index in [1.54, 1.807) is 13.0 Å². The van der Waals surface area contributed by atoms with E-state index in [-0.39, 0.29) is 15.5 Å². The normalized spacial score (nSPS) is 11.8. The van der Waals surface area contributed by atoms with Crippen LogP contribution in [0.3, 0.4) is 0 Å². The van der Waals surface area contributed by atoms with E-state index in [9.17, 15) is 18.0 Å². The van der Waals surface area contributed by atoms with Gasteiger partial charge < -0.3 is 5.11 Å². The Bertz CT molecular complexity index is 683. The Hall–Kier alpha value is -1.63. The number of aromatic nitrogens is 1. The van der Waals surface area contributed by atoms with Crippen molar-refractivity contribution in [3.8, 4) is 0 Å². The summed E-state index contributed by atoms with van der Waals surface area (Å²) < 4.78 is 39.1. The second-order valence-electron chi connectivity index (χ2n) is 3.98. The Morgan fingerprint density at radius 2 is 2.00 bits per heavy atom. The van der Waals surface area contributed by atoms with Crippen molar-refractivity contribution in [1.82, 2.24) is 4.98 Å². The third kappa shape index (κ3) is 2.42. The summed E-state index contributed by atoms with van der Waals surface area (Å²) >= 11 is 2.79. The summed E-state index contributed by atoms with van der Waals surface area (Å²) in [4.78, 5) is 14.9. The first-order valence-electron chi connectivity index (χ1n) is 5.12. The van der Waals surface area contributed by atoms with E-state index in [1.807, 2.05) is 0 Å². The highest BCUT2D eigenvalue weighted by molar-refractivity contribution is 9.10. The number of alkyl halides is 3. The van der Waals surface area contributed by atoms with Crippen LogP contribution < -0.4 is 0 Å². The third-order valence-electron chi connectivity index (χ3n) is 2.59. The second kappa shape index (κ2) is 4.48. The maximum atomic E-state index is 13.1. The summed E-state index contributed by atoms with van der Waals surface area (Å²) in [5.74, 6) is -1.67. The van der Waals surface area contributed by atoms with Gasteiger partial charge in [-0.1, -0.05) is 11.6 Å². The number of benzene rings is 1. The molecule has 7 heteroatoms. The molecule has 0 radical (unpaired) electrons. The van der Waals surface area contributed by atoms with Crippen LogP contribution in [0.15, 0.2) is 22.8 Å². The highest BCUT2D eigenvalue weighted by Gasteiger charge is 2.39. The first-order chi connectivity index (χ1) is 8.71. The van der Waals surface area contributed by atoms with Crippen LogP contribution in [0, 0.1) is 6.92 Å². The quantitative estimate of drug-likeness (QED) is 0.802. The Balaban J connectivity index is 3.02. The van der Waals surface area contributed by atoms with E-state index in [0.717, 1.165) is 0 Å². The molecule has 0 fully saturated rings. The minimum Gasteiger partial charge on any atom is -0.478 e. The predicted molar refractivity (Wildman–Crippen MR) is 66.1 cm³/mol. The van der Waals surface area contributed by atoms with E-state index in [1.165, 1.54) is 12.1 Å². The van der Waals surface area contributed by atoms with Gasteiger partial charge in [0.2, 0.25) is 0 Å². The van der Waals surface area contributed by atoms with Gasteiger partial charge in [0, 0.05) is 5.39 Å². The number of rotatable bonds is 1. The summed E-state index contributed by atoms with van der Waals surface area (Å²) in [6, 6.07) is 4.32. The topological polar surface area (TPSA) is 50.2 Å². The Morgan fingerprint density at radius 3 is 2.53 bits per heavy atom. The fraction of sp³-hybridized carbons (Fsp3) is 0.167. The van der Waals surface area contributed by atoms with E-state index in [0.29, 0.717) is 5.56 Å². The second-order valence-corrected chi connectivity index (χ2v) is 4.73. The number of aryl methyl sites for hydroxylation is 1. The van der Waals surface area contributed by atoms with Crippen molar-refractivity contribution in [2.75, 3.05) is 0 Å². The lowest BCUT2D eigenvalue weighted by molar-refractivity contribution is -0.136. The maximum Gasteiger partial charge on any atom is 0.418 e. The molecular weight excluding hydrogens is 327 g/mol. The van der Waals surface area contributed by atoms with Crippen LogP contribution in [0.5, 0.6) is 0 Å². The van der Waals surface area contributed by atoms with Crippen molar-refractivity contribution >= 4 is 32.8 Å². The first kappa shape index (κ1) is 13.8. The Labute approximate surface area is 114 Å². The largest absolute Gasteiger partial charge is 0.478 e. The molecule has 0 aliphatic rings. The Morgan fingerprint density at radius 1 is 1.37 bits per heavy atom. The molecule has 0 saturated carbocycles. The molecule has 19 heavy (non-hydrogen) atoms. The molecule has 0 aliphatic heterocycles. The minimum absolute atomic E-state index is 0.0924. The molecule has 0 spiro atoms. The molecule has 100 valence electrons. The van der Waals surface area contributed by atoms with E-state index in [4.69, 9.17) is 5.11 Å². The monoisotopic (exact) mass is 333 g/mol. The molecule has 3 nitrogen and oxygen atoms in total. The summed E-state index contributed by atoms with van der Waals surface area (Å²) in [5, 5.41) is 8.75. The zero-order valence-electron chi connectivity index (χ0n) is 9.55. The van der Waals surface area contributed by atoms with Gasteiger partial charge in [-0.15, -0.1) is 0 Å². The van der Waals surface area contributed by atoms with Gasteiger partial charge in [0.25, 0.3) is 0 Å². The lowest BCUT2D eigenvalue weighted by atomic mass is 10.0. The van der Waals surface area contributed by atoms with E-state index >= 15 is 0 Å². The zero-order valence-corrected chi connectivity index (χ0v) is 11.1. The smallest absolute Gasteiger partial charge is 0.418 e. The van der Waals surface area contributed by atoms with Gasteiger partial charge in [0.1, 0.15) is 10.2 Å². The van der Waals surface area contributed by atoms with E-state index in [2.05, 4.69) is 20.9 Å². The molecule has 0 bridgehead atoms. The standard InChI is InChI=1S/C12H7BrF3NO2/c1-5-2-3-7-6(4-5)9(12(14,15)16)8(11(18)19)10(13)17-7/h2-4H,1H3,(H,18,19). The molecule has 0 unspecified atom stereocenters. The molecule has 0 atom stereocenters. The SMILES string of the molecule is Cc1ccc2nc(Br)c(C(=O)O)c(C(F)(F)F)c2c1. The number of hydrogen-bond acceptors (Lipinski definition) is 2. The van der Waals surface area contributed by atoms with Crippen LogP contribution in [-0.2, 0) is 6.18 Å². The fourth-order valence-electron chi connectivity index (χ4n) is 1.84. The van der Waals surface area contributed by atoms with Crippen LogP contribution in [0.2, 0.25) is 0 Å². The number of carboxylic acid groups (broad SMARTS) is 1. The van der Waals surface area contributed by atoms with Crippen molar-refractivity contribution in [3.05, 3.63) is 39.5 Å². The van der Waals surface area contributed by atoms with Gasteiger partial charge in [-0.25, -0.2) is 9.78 Å². The Kier molecular flexibility index (Phi) is 3.25. The van der Waals surface area contributed by atoms with Gasteiger partial charge in [-0.3, -0.25) is 0 Å². The number of hydrogen-bond donors (Lipinski definition) is 1. The van der Waals surface area contributed by atoms with Gasteiger partial charge in [0.05, 0.1) is 11.1 Å². The van der Waals surface area contributed by atoms with Crippen molar-refractivity contribution in [2.24, 2.45) is 0 Å². The van der Waals surface area contributed by atoms with Crippen molar-refractivity contribution in [3.63, 3.8) is 0 Å². The molecule has 2 rings (SSSR count). The van der Waals surface area contributed by atoms with Crippen LogP contribution in [0.4, 0.5) is 13.2 Å². The molecule has 1 aromatic carbocycles. The van der Waals surface area contributed by atoms with Crippen molar-refractivity contribution in [2.45, 2.75) is 13.1 Å². The van der Waals surface area contributed by atoms with Crippen LogP contribution >= 0.6 is 15.9 Å². The number of pyridine rings is 1. The van der Waals surface area contributed by atoms with Gasteiger partial charge >= 0.3 is 12.1 Å². The number of halogens is 4. The molecule has 0 saturated heterocycles. The maximum absolute atomic E-state index is 13.1. The number of nitrogens with zero attached hydrogens (tertiary/aromatic N) is 1. The summed E-state index contributed by atoms with van der Waals surface area (Å²) in [7, 11) is 0. The average molecular weight is 334 g/mol. The summed E-state index contributed by atoms with van der Waals surface area (Å²) in [6.07, 6.45) is -4.77. The highest BCUT2D eigenvalue weighted by Crippen LogP contribution is 2.39. The number of fused-ring (bicyclic) bond motifs is 1. The van der Waals surface area contributed by atoms with Crippen molar-refractivity contribution < 1.29 is 23.1 Å². The average Bonchev–Trinajstić information content (AvgIpc) is 2.26. The molecule has 0 amide bonds. The predicted octanol–water partition coefficient (Wildman–Crippen LogP) is 4.02. The van der Waals surface area contributed by atoms with Crippen LogP contribution in [0.1, 0.15) is 21.5 Å². The van der Waals surface area contributed by atoms with Crippen molar-refractivity contribution in [1.29, 1.82) is 0 Å². The molecule has 1 aromatic heterocycles. The number of carboxylic acids is 1. The fourth-order valence-corrected chi connectivity index (χ4v) is 2.40. The first-order valence-corrected chi connectivity index (χ1v) is 5.91. The minimum atomic E-state index is -4.77. The summed E-state index contributed by atoms with van der Waals surface area (Å²) in [6.45, 7) is 1.63. The lowest BCUT2D eigenvalue weighted by Crippen LogP contribution is -2.15. The van der Waals surface area contributed by atoms with E-state index < -0.39 is 23.3 Å². The number of carbonyl (C=O) groups is 1. The molecule has 0 aliphatic carbocycles. The lowest BCUT2D eigenvalue weighted by Gasteiger charge is -2.14.